The van der Waals surface area contributed by atoms with E-state index in [4.69, 9.17) is 15.4 Å². The van der Waals surface area contributed by atoms with Crippen LogP contribution in [-0.4, -0.2) is 15.0 Å². The summed E-state index contributed by atoms with van der Waals surface area (Å²) in [6.07, 6.45) is 0.500. The van der Waals surface area contributed by atoms with Crippen molar-refractivity contribution in [3.05, 3.63) is 22.4 Å². The lowest BCUT2D eigenvalue weighted by Crippen LogP contribution is -2.00. The highest BCUT2D eigenvalue weighted by Gasteiger charge is 2.19. The van der Waals surface area contributed by atoms with Crippen LogP contribution in [0.25, 0.3) is 0 Å². The Morgan fingerprint density at radius 1 is 1.50 bits per heavy atom. The fourth-order valence-electron chi connectivity index (χ4n) is 1.14. The molecule has 0 N–H and O–H groups in total. The molecule has 0 heterocycles. The van der Waals surface area contributed by atoms with E-state index in [1.165, 1.54) is 0 Å². The van der Waals surface area contributed by atoms with Crippen molar-refractivity contribution in [2.24, 2.45) is 0 Å². The van der Waals surface area contributed by atoms with Crippen LogP contribution >= 0.6 is 26.6 Å². The Kier molecular flexibility index (Phi) is 5.45. The summed E-state index contributed by atoms with van der Waals surface area (Å²) in [5, 5.41) is 0. The van der Waals surface area contributed by atoms with Crippen molar-refractivity contribution < 1.29 is 17.5 Å². The summed E-state index contributed by atoms with van der Waals surface area (Å²) in [6.45, 7) is 1.99. The Labute approximate surface area is 118 Å². The van der Waals surface area contributed by atoms with Crippen LogP contribution < -0.4 is 4.74 Å². The summed E-state index contributed by atoms with van der Waals surface area (Å²) in [5.41, 5.74) is 0. The van der Waals surface area contributed by atoms with Crippen LogP contribution in [0.15, 0.2) is 21.5 Å². The summed E-state index contributed by atoms with van der Waals surface area (Å²) < 4.78 is 41.2. The first-order chi connectivity index (χ1) is 8.36. The summed E-state index contributed by atoms with van der Waals surface area (Å²) in [6, 6.07) is 2.04. The first-order valence-electron chi connectivity index (χ1n) is 4.82. The van der Waals surface area contributed by atoms with Crippen molar-refractivity contribution in [1.82, 2.24) is 0 Å². The number of hydrogen-bond donors (Lipinski definition) is 0. The number of halogens is 3. The molecule has 0 radical (unpaired) electrons. The van der Waals surface area contributed by atoms with Crippen LogP contribution in [0.5, 0.6) is 5.75 Å². The van der Waals surface area contributed by atoms with Crippen molar-refractivity contribution in [3.63, 3.8) is 0 Å². The minimum atomic E-state index is -4.11. The third-order valence-electron chi connectivity index (χ3n) is 1.91. The molecule has 0 spiro atoms. The van der Waals surface area contributed by atoms with E-state index in [-0.39, 0.29) is 12.4 Å². The molecule has 0 amide bonds. The molecular weight excluding hydrogens is 347 g/mol. The van der Waals surface area contributed by atoms with Crippen molar-refractivity contribution in [2.75, 3.05) is 6.61 Å². The molecule has 1 rings (SSSR count). The second-order valence-corrected chi connectivity index (χ2v) is 6.56. The first-order valence-corrected chi connectivity index (χ1v) is 7.92. The normalized spacial score (nSPS) is 10.7. The van der Waals surface area contributed by atoms with Gasteiger partial charge >= 0.3 is 0 Å². The predicted octanol–water partition coefficient (Wildman–Crippen LogP) is 3.31. The lowest BCUT2D eigenvalue weighted by atomic mass is 10.3. The monoisotopic (exact) mass is 354 g/mol. The zero-order valence-electron chi connectivity index (χ0n) is 9.34. The Morgan fingerprint density at radius 3 is 2.72 bits per heavy atom. The standard InChI is InChI=1S/C11H9BrClFO3S/c1-2-3-4-5-17-10-7-9(14)11(6-8(10)12)18(13,15)16/h6-7H,4-5H2,1H3. The molecule has 0 unspecified atom stereocenters. The molecule has 0 bridgehead atoms. The lowest BCUT2D eigenvalue weighted by molar-refractivity contribution is 0.322. The maximum Gasteiger partial charge on any atom is 0.264 e. The van der Waals surface area contributed by atoms with Gasteiger partial charge in [0.2, 0.25) is 0 Å². The van der Waals surface area contributed by atoms with Crippen LogP contribution in [0.2, 0.25) is 0 Å². The Balaban J connectivity index is 2.96. The van der Waals surface area contributed by atoms with Gasteiger partial charge < -0.3 is 4.74 Å². The Hall–Kier alpha value is -0.770. The van der Waals surface area contributed by atoms with Gasteiger partial charge in [0.25, 0.3) is 9.05 Å². The average Bonchev–Trinajstić information content (AvgIpc) is 2.27. The quantitative estimate of drug-likeness (QED) is 0.473. The van der Waals surface area contributed by atoms with E-state index in [1.807, 2.05) is 0 Å². The highest BCUT2D eigenvalue weighted by atomic mass is 79.9. The van der Waals surface area contributed by atoms with E-state index in [0.717, 1.165) is 12.1 Å². The zero-order chi connectivity index (χ0) is 13.8. The SMILES string of the molecule is CC#CCCOc1cc(F)c(S(=O)(=O)Cl)cc1Br. The van der Waals surface area contributed by atoms with Gasteiger partial charge in [0.05, 0.1) is 11.1 Å². The van der Waals surface area contributed by atoms with E-state index in [9.17, 15) is 12.8 Å². The Bertz CT molecular complexity index is 605. The highest BCUT2D eigenvalue weighted by Crippen LogP contribution is 2.31. The molecule has 0 aliphatic carbocycles. The molecular formula is C11H9BrClFO3S. The molecule has 0 saturated carbocycles. The maximum absolute atomic E-state index is 13.5. The third-order valence-corrected chi connectivity index (χ3v) is 3.87. The minimum Gasteiger partial charge on any atom is -0.491 e. The topological polar surface area (TPSA) is 43.4 Å². The number of ether oxygens (including phenoxy) is 1. The minimum absolute atomic E-state index is 0.203. The van der Waals surface area contributed by atoms with Gasteiger partial charge in [0.1, 0.15) is 16.5 Å². The average molecular weight is 356 g/mol. The van der Waals surface area contributed by atoms with Crippen LogP contribution in [0.3, 0.4) is 0 Å². The fourth-order valence-corrected chi connectivity index (χ4v) is 2.66. The van der Waals surface area contributed by atoms with Crippen molar-refractivity contribution in [1.29, 1.82) is 0 Å². The summed E-state index contributed by atoms with van der Waals surface area (Å²) in [7, 11) is 0.973. The van der Waals surface area contributed by atoms with E-state index >= 15 is 0 Å². The van der Waals surface area contributed by atoms with Gasteiger partial charge in [0, 0.05) is 23.2 Å². The van der Waals surface area contributed by atoms with Gasteiger partial charge in [-0.1, -0.05) is 0 Å². The van der Waals surface area contributed by atoms with Gasteiger partial charge in [-0.3, -0.25) is 0 Å². The van der Waals surface area contributed by atoms with Crippen molar-refractivity contribution in [2.45, 2.75) is 18.2 Å². The molecule has 7 heteroatoms. The summed E-state index contributed by atoms with van der Waals surface area (Å²) in [5.74, 6) is 4.73. The van der Waals surface area contributed by atoms with Crippen molar-refractivity contribution in [3.8, 4) is 17.6 Å². The van der Waals surface area contributed by atoms with E-state index in [2.05, 4.69) is 27.8 Å². The molecule has 98 valence electrons. The molecule has 0 saturated heterocycles. The van der Waals surface area contributed by atoms with Crippen LogP contribution in [-0.2, 0) is 9.05 Å². The van der Waals surface area contributed by atoms with Gasteiger partial charge in [-0.25, -0.2) is 12.8 Å². The highest BCUT2D eigenvalue weighted by molar-refractivity contribution is 9.10. The van der Waals surface area contributed by atoms with Crippen LogP contribution in [0.1, 0.15) is 13.3 Å². The summed E-state index contributed by atoms with van der Waals surface area (Å²) in [4.78, 5) is -0.586. The zero-order valence-corrected chi connectivity index (χ0v) is 12.5. The summed E-state index contributed by atoms with van der Waals surface area (Å²) >= 11 is 3.09. The fraction of sp³-hybridized carbons (Fsp3) is 0.273. The molecule has 0 aliphatic heterocycles. The largest absolute Gasteiger partial charge is 0.491 e. The molecule has 0 fully saturated rings. The van der Waals surface area contributed by atoms with E-state index < -0.39 is 19.8 Å². The van der Waals surface area contributed by atoms with Crippen molar-refractivity contribution >= 4 is 35.7 Å². The first kappa shape index (κ1) is 15.3. The van der Waals surface area contributed by atoms with Gasteiger partial charge in [-0.05, 0) is 28.9 Å². The second kappa shape index (κ2) is 6.41. The van der Waals surface area contributed by atoms with E-state index in [1.54, 1.807) is 6.92 Å². The predicted molar refractivity (Wildman–Crippen MR) is 70.7 cm³/mol. The van der Waals surface area contributed by atoms with Crippen LogP contribution in [0.4, 0.5) is 4.39 Å². The number of benzene rings is 1. The van der Waals surface area contributed by atoms with Crippen LogP contribution in [0, 0.1) is 17.7 Å². The lowest BCUT2D eigenvalue weighted by Gasteiger charge is -2.08. The molecule has 18 heavy (non-hydrogen) atoms. The van der Waals surface area contributed by atoms with E-state index in [0.29, 0.717) is 10.9 Å². The maximum atomic E-state index is 13.5. The smallest absolute Gasteiger partial charge is 0.264 e. The molecule has 3 nitrogen and oxygen atoms in total. The molecule has 0 atom stereocenters. The molecule has 1 aromatic carbocycles. The Morgan fingerprint density at radius 2 is 2.17 bits per heavy atom. The molecule has 0 aromatic heterocycles. The molecule has 1 aromatic rings. The second-order valence-electron chi connectivity index (χ2n) is 3.18. The van der Waals surface area contributed by atoms with Gasteiger partial charge in [0.15, 0.2) is 0 Å². The third kappa shape index (κ3) is 4.16. The molecule has 0 aliphatic rings. The van der Waals surface area contributed by atoms with Gasteiger partial charge in [-0.2, -0.15) is 0 Å². The number of rotatable bonds is 4. The van der Waals surface area contributed by atoms with Gasteiger partial charge in [-0.15, -0.1) is 11.8 Å². The number of hydrogen-bond acceptors (Lipinski definition) is 3.